The van der Waals surface area contributed by atoms with Crippen LogP contribution in [0.5, 0.6) is 5.75 Å². The van der Waals surface area contributed by atoms with Gasteiger partial charge in [0, 0.05) is 13.1 Å². The van der Waals surface area contributed by atoms with E-state index in [0.717, 1.165) is 34.7 Å². The van der Waals surface area contributed by atoms with Crippen molar-refractivity contribution in [3.63, 3.8) is 0 Å². The number of nitrogens with zero attached hydrogens (tertiary/aromatic N) is 2. The number of hydrogen-bond acceptors (Lipinski definition) is 3. The van der Waals surface area contributed by atoms with Gasteiger partial charge in [0.15, 0.2) is 0 Å². The molecule has 1 heterocycles. The van der Waals surface area contributed by atoms with E-state index in [1.807, 2.05) is 37.7 Å². The van der Waals surface area contributed by atoms with Gasteiger partial charge in [0.1, 0.15) is 12.4 Å². The minimum atomic E-state index is 0.0481. The third kappa shape index (κ3) is 3.20. The highest BCUT2D eigenvalue weighted by molar-refractivity contribution is 5.37. The molecule has 0 bridgehead atoms. The minimum Gasteiger partial charge on any atom is -0.487 e. The van der Waals surface area contributed by atoms with Gasteiger partial charge in [-0.2, -0.15) is 5.10 Å². The number of aromatic nitrogens is 2. The van der Waals surface area contributed by atoms with Crippen LogP contribution in [0.2, 0.25) is 0 Å². The molecule has 0 radical (unpaired) electrons. The van der Waals surface area contributed by atoms with E-state index in [9.17, 15) is 0 Å². The summed E-state index contributed by atoms with van der Waals surface area (Å²) in [6.07, 6.45) is 0.940. The molecule has 1 aromatic carbocycles. The van der Waals surface area contributed by atoms with Gasteiger partial charge in [0.25, 0.3) is 0 Å². The minimum absolute atomic E-state index is 0.0481. The molecule has 0 spiro atoms. The maximum atomic E-state index is 5.89. The van der Waals surface area contributed by atoms with E-state index in [2.05, 4.69) is 24.2 Å². The molecule has 0 amide bonds. The summed E-state index contributed by atoms with van der Waals surface area (Å²) in [6.45, 7) is 6.66. The number of benzene rings is 1. The SMILES string of the molecule is CCc1cc(COc2ccc([C@@H](C)N)cc2C)n(C)n1. The normalized spacial score (nSPS) is 12.4. The molecule has 2 N–H and O–H groups in total. The second-order valence-corrected chi connectivity index (χ2v) is 5.21. The second-order valence-electron chi connectivity index (χ2n) is 5.21. The van der Waals surface area contributed by atoms with Crippen molar-refractivity contribution < 1.29 is 4.74 Å². The van der Waals surface area contributed by atoms with Gasteiger partial charge in [-0.1, -0.05) is 19.1 Å². The van der Waals surface area contributed by atoms with E-state index in [4.69, 9.17) is 10.5 Å². The van der Waals surface area contributed by atoms with Crippen LogP contribution in [0.4, 0.5) is 0 Å². The highest BCUT2D eigenvalue weighted by atomic mass is 16.5. The Balaban J connectivity index is 2.08. The summed E-state index contributed by atoms with van der Waals surface area (Å²) in [4.78, 5) is 0. The summed E-state index contributed by atoms with van der Waals surface area (Å²) < 4.78 is 7.77. The molecular weight excluding hydrogens is 250 g/mol. The van der Waals surface area contributed by atoms with Crippen LogP contribution in [-0.4, -0.2) is 9.78 Å². The van der Waals surface area contributed by atoms with Gasteiger partial charge in [-0.05, 0) is 43.5 Å². The molecule has 108 valence electrons. The van der Waals surface area contributed by atoms with Crippen LogP contribution in [0.3, 0.4) is 0 Å². The van der Waals surface area contributed by atoms with Gasteiger partial charge in [0.05, 0.1) is 11.4 Å². The highest BCUT2D eigenvalue weighted by Gasteiger charge is 2.07. The molecule has 1 atom stereocenters. The molecule has 0 fully saturated rings. The van der Waals surface area contributed by atoms with Gasteiger partial charge in [-0.25, -0.2) is 0 Å². The standard InChI is InChI=1S/C16H23N3O/c1-5-14-9-15(19(4)18-14)10-20-16-7-6-13(12(3)17)8-11(16)2/h6-9,12H,5,10,17H2,1-4H3/t12-/m1/s1. The van der Waals surface area contributed by atoms with E-state index in [-0.39, 0.29) is 6.04 Å². The van der Waals surface area contributed by atoms with Crippen LogP contribution in [0.1, 0.15) is 42.4 Å². The Kier molecular flexibility index (Phi) is 4.45. The Labute approximate surface area is 120 Å². The van der Waals surface area contributed by atoms with Crippen molar-refractivity contribution in [1.29, 1.82) is 0 Å². The van der Waals surface area contributed by atoms with Gasteiger partial charge in [-0.15, -0.1) is 0 Å². The van der Waals surface area contributed by atoms with Gasteiger partial charge < -0.3 is 10.5 Å². The molecule has 0 saturated heterocycles. The fourth-order valence-corrected chi connectivity index (χ4v) is 2.15. The largest absolute Gasteiger partial charge is 0.487 e. The third-order valence-electron chi connectivity index (χ3n) is 3.49. The Morgan fingerprint density at radius 2 is 2.10 bits per heavy atom. The van der Waals surface area contributed by atoms with Crippen LogP contribution in [0.25, 0.3) is 0 Å². The molecule has 2 aromatic rings. The zero-order valence-electron chi connectivity index (χ0n) is 12.7. The molecule has 0 aliphatic rings. The second kappa shape index (κ2) is 6.09. The molecule has 4 nitrogen and oxygen atoms in total. The van der Waals surface area contributed by atoms with Crippen LogP contribution in [0, 0.1) is 6.92 Å². The number of hydrogen-bond donors (Lipinski definition) is 1. The maximum Gasteiger partial charge on any atom is 0.130 e. The molecule has 0 saturated carbocycles. The lowest BCUT2D eigenvalue weighted by Gasteiger charge is -2.12. The van der Waals surface area contributed by atoms with E-state index >= 15 is 0 Å². The van der Waals surface area contributed by atoms with Crippen LogP contribution in [-0.2, 0) is 20.1 Å². The molecule has 20 heavy (non-hydrogen) atoms. The number of ether oxygens (including phenoxy) is 1. The van der Waals surface area contributed by atoms with E-state index < -0.39 is 0 Å². The lowest BCUT2D eigenvalue weighted by atomic mass is 10.1. The van der Waals surface area contributed by atoms with Crippen molar-refractivity contribution >= 4 is 0 Å². The van der Waals surface area contributed by atoms with Crippen molar-refractivity contribution in [2.45, 2.75) is 39.8 Å². The quantitative estimate of drug-likeness (QED) is 0.911. The van der Waals surface area contributed by atoms with E-state index in [1.54, 1.807) is 0 Å². The van der Waals surface area contributed by atoms with Gasteiger partial charge in [0.2, 0.25) is 0 Å². The van der Waals surface area contributed by atoms with E-state index in [0.29, 0.717) is 6.61 Å². The highest BCUT2D eigenvalue weighted by Crippen LogP contribution is 2.22. The summed E-state index contributed by atoms with van der Waals surface area (Å²) in [6, 6.07) is 8.23. The fourth-order valence-electron chi connectivity index (χ4n) is 2.15. The van der Waals surface area contributed by atoms with Gasteiger partial charge in [-0.3, -0.25) is 4.68 Å². The predicted octanol–water partition coefficient (Wildman–Crippen LogP) is 2.89. The van der Waals surface area contributed by atoms with E-state index in [1.165, 1.54) is 0 Å². The van der Waals surface area contributed by atoms with Crippen molar-refractivity contribution in [1.82, 2.24) is 9.78 Å². The first-order valence-corrected chi connectivity index (χ1v) is 7.02. The molecule has 4 heteroatoms. The molecule has 1 aromatic heterocycles. The third-order valence-corrected chi connectivity index (χ3v) is 3.49. The summed E-state index contributed by atoms with van der Waals surface area (Å²) in [5.41, 5.74) is 10.3. The lowest BCUT2D eigenvalue weighted by molar-refractivity contribution is 0.293. The van der Waals surface area contributed by atoms with Crippen LogP contribution < -0.4 is 10.5 Å². The smallest absolute Gasteiger partial charge is 0.130 e. The van der Waals surface area contributed by atoms with Crippen molar-refractivity contribution in [3.05, 3.63) is 46.8 Å². The fraction of sp³-hybridized carbons (Fsp3) is 0.438. The first-order valence-electron chi connectivity index (χ1n) is 7.02. The molecule has 0 aliphatic carbocycles. The molecule has 0 aliphatic heterocycles. The lowest BCUT2D eigenvalue weighted by Crippen LogP contribution is -2.06. The summed E-state index contributed by atoms with van der Waals surface area (Å²) in [5.74, 6) is 0.897. The number of nitrogens with two attached hydrogens (primary N) is 1. The first-order chi connectivity index (χ1) is 9.51. The van der Waals surface area contributed by atoms with Gasteiger partial charge >= 0.3 is 0 Å². The Morgan fingerprint density at radius 3 is 2.65 bits per heavy atom. The van der Waals surface area contributed by atoms with Crippen molar-refractivity contribution in [2.24, 2.45) is 12.8 Å². The summed E-state index contributed by atoms with van der Waals surface area (Å²) in [5, 5.41) is 4.42. The predicted molar refractivity (Wildman–Crippen MR) is 80.7 cm³/mol. The average Bonchev–Trinajstić information content (AvgIpc) is 2.78. The van der Waals surface area contributed by atoms with Crippen molar-refractivity contribution in [2.75, 3.05) is 0 Å². The number of rotatable bonds is 5. The first kappa shape index (κ1) is 14.6. The monoisotopic (exact) mass is 273 g/mol. The summed E-state index contributed by atoms with van der Waals surface area (Å²) >= 11 is 0. The van der Waals surface area contributed by atoms with Crippen LogP contribution in [0.15, 0.2) is 24.3 Å². The Bertz CT molecular complexity index is 587. The number of aryl methyl sites for hydroxylation is 3. The summed E-state index contributed by atoms with van der Waals surface area (Å²) in [7, 11) is 1.95. The zero-order chi connectivity index (χ0) is 14.7. The Hall–Kier alpha value is -1.81. The molecule has 0 unspecified atom stereocenters. The van der Waals surface area contributed by atoms with Crippen molar-refractivity contribution in [3.8, 4) is 5.75 Å². The molecular formula is C16H23N3O. The Morgan fingerprint density at radius 1 is 1.35 bits per heavy atom. The zero-order valence-corrected chi connectivity index (χ0v) is 12.7. The maximum absolute atomic E-state index is 5.89. The average molecular weight is 273 g/mol. The topological polar surface area (TPSA) is 53.1 Å². The molecule has 2 rings (SSSR count). The van der Waals surface area contributed by atoms with Crippen LogP contribution >= 0.6 is 0 Å².